The maximum Gasteiger partial charge on any atom is 0.308 e. The van der Waals surface area contributed by atoms with Crippen molar-refractivity contribution in [2.45, 2.75) is 103 Å². The molecule has 0 amide bonds. The number of carbonyl (C=O) groups is 1. The van der Waals surface area contributed by atoms with Gasteiger partial charge in [-0.2, -0.15) is 0 Å². The van der Waals surface area contributed by atoms with Gasteiger partial charge in [0.15, 0.2) is 0 Å². The second-order valence-corrected chi connectivity index (χ2v) is 9.19. The van der Waals surface area contributed by atoms with Crippen LogP contribution in [0.1, 0.15) is 85.0 Å². The molecule has 4 nitrogen and oxygen atoms in total. The van der Waals surface area contributed by atoms with Gasteiger partial charge in [-0.3, -0.25) is 4.79 Å². The average Bonchev–Trinajstić information content (AvgIpc) is 2.77. The van der Waals surface area contributed by atoms with Crippen LogP contribution in [0, 0.1) is 23.7 Å². The molecule has 3 rings (SSSR count). The molecule has 0 spiro atoms. The van der Waals surface area contributed by atoms with Crippen LogP contribution < -0.4 is 0 Å². The van der Waals surface area contributed by atoms with Crippen LogP contribution in [0.2, 0.25) is 0 Å². The minimum atomic E-state index is -0.805. The van der Waals surface area contributed by atoms with E-state index in [2.05, 4.69) is 20.8 Å². The number of hydrogen-bond acceptors (Lipinski definition) is 4. The highest BCUT2D eigenvalue weighted by Gasteiger charge is 2.50. The molecule has 3 fully saturated rings. The Morgan fingerprint density at radius 1 is 1.16 bits per heavy atom. The zero-order chi connectivity index (χ0) is 18.0. The Labute approximate surface area is 152 Å². The Kier molecular flexibility index (Phi) is 6.10. The lowest BCUT2D eigenvalue weighted by atomic mass is 9.75. The van der Waals surface area contributed by atoms with Gasteiger partial charge >= 0.3 is 5.97 Å². The van der Waals surface area contributed by atoms with Crippen LogP contribution in [0.4, 0.5) is 0 Å². The van der Waals surface area contributed by atoms with Crippen molar-refractivity contribution in [2.75, 3.05) is 0 Å². The van der Waals surface area contributed by atoms with Crippen molar-refractivity contribution in [1.82, 2.24) is 0 Å². The molecule has 0 bridgehead atoms. The zero-order valence-corrected chi connectivity index (χ0v) is 16.2. The fourth-order valence-corrected chi connectivity index (χ4v) is 5.26. The Hall–Kier alpha value is -0.610. The highest BCUT2D eigenvalue weighted by Crippen LogP contribution is 2.43. The number of aliphatic hydroxyl groups is 1. The molecule has 0 aromatic heterocycles. The Balaban J connectivity index is 1.73. The molecular weight excluding hydrogens is 316 g/mol. The fourth-order valence-electron chi connectivity index (χ4n) is 5.26. The molecule has 0 radical (unpaired) electrons. The van der Waals surface area contributed by atoms with E-state index in [4.69, 9.17) is 9.47 Å². The molecule has 3 aliphatic rings. The SMILES string of the molecule is CC(C)[C@@H]1CC[C@@H](C)C[C@H]1O[C@@H]1OC(=O)C[C@H]1C1(O)CCCCCC1. The summed E-state index contributed by atoms with van der Waals surface area (Å²) in [5.41, 5.74) is -0.805. The van der Waals surface area contributed by atoms with Crippen LogP contribution >= 0.6 is 0 Å². The standard InChI is InChI=1S/C21H36O4/c1-14(2)16-9-8-15(3)12-18(16)24-20-17(13-19(22)25-20)21(23)10-6-4-5-7-11-21/h14-18,20,23H,4-13H2,1-3H3/t15-,16+,17-,18-,20-/m1/s1. The van der Waals surface area contributed by atoms with Gasteiger partial charge in [0.05, 0.1) is 24.0 Å². The van der Waals surface area contributed by atoms with Gasteiger partial charge in [0.2, 0.25) is 6.29 Å². The number of rotatable bonds is 4. The Bertz CT molecular complexity index is 453. The predicted molar refractivity (Wildman–Crippen MR) is 96.9 cm³/mol. The molecule has 0 aromatic carbocycles. The maximum absolute atomic E-state index is 12.0. The topological polar surface area (TPSA) is 55.8 Å². The minimum absolute atomic E-state index is 0.136. The summed E-state index contributed by atoms with van der Waals surface area (Å²) in [7, 11) is 0. The number of cyclic esters (lactones) is 1. The molecule has 1 saturated heterocycles. The third kappa shape index (κ3) is 4.39. The first-order chi connectivity index (χ1) is 11.9. The third-order valence-corrected chi connectivity index (χ3v) is 6.89. The first kappa shape index (κ1) is 19.2. The first-order valence-electron chi connectivity index (χ1n) is 10.5. The van der Waals surface area contributed by atoms with Crippen LogP contribution in [0.5, 0.6) is 0 Å². The highest BCUT2D eigenvalue weighted by molar-refractivity contribution is 5.72. The summed E-state index contributed by atoms with van der Waals surface area (Å²) in [4.78, 5) is 12.0. The van der Waals surface area contributed by atoms with E-state index in [0.717, 1.165) is 32.1 Å². The first-order valence-corrected chi connectivity index (χ1v) is 10.5. The summed E-state index contributed by atoms with van der Waals surface area (Å²) in [5, 5.41) is 11.3. The lowest BCUT2D eigenvalue weighted by Crippen LogP contribution is -2.46. The van der Waals surface area contributed by atoms with Crippen LogP contribution in [0.25, 0.3) is 0 Å². The quantitative estimate of drug-likeness (QED) is 0.600. The van der Waals surface area contributed by atoms with Gasteiger partial charge in [0, 0.05) is 0 Å². The van der Waals surface area contributed by atoms with E-state index in [1.54, 1.807) is 0 Å². The maximum atomic E-state index is 12.0. The van der Waals surface area contributed by atoms with Gasteiger partial charge in [-0.05, 0) is 43.4 Å². The van der Waals surface area contributed by atoms with Crippen molar-refractivity contribution in [3.63, 3.8) is 0 Å². The molecule has 4 heteroatoms. The van der Waals surface area contributed by atoms with E-state index < -0.39 is 11.9 Å². The zero-order valence-electron chi connectivity index (χ0n) is 16.2. The Morgan fingerprint density at radius 3 is 2.48 bits per heavy atom. The second-order valence-electron chi connectivity index (χ2n) is 9.19. The highest BCUT2D eigenvalue weighted by atomic mass is 16.7. The molecule has 144 valence electrons. The molecule has 2 saturated carbocycles. The number of ether oxygens (including phenoxy) is 2. The van der Waals surface area contributed by atoms with E-state index in [1.165, 1.54) is 25.7 Å². The summed E-state index contributed by atoms with van der Waals surface area (Å²) in [6.45, 7) is 6.80. The van der Waals surface area contributed by atoms with Crippen molar-refractivity contribution < 1.29 is 19.4 Å². The van der Waals surface area contributed by atoms with Crippen LogP contribution in [-0.2, 0) is 14.3 Å². The van der Waals surface area contributed by atoms with Gasteiger partial charge in [-0.15, -0.1) is 0 Å². The molecule has 1 heterocycles. The molecule has 0 aromatic rings. The summed E-state index contributed by atoms with van der Waals surface area (Å²) in [6.07, 6.45) is 9.27. The summed E-state index contributed by atoms with van der Waals surface area (Å²) >= 11 is 0. The molecule has 1 aliphatic heterocycles. The molecule has 1 N–H and O–H groups in total. The van der Waals surface area contributed by atoms with Crippen LogP contribution in [-0.4, -0.2) is 29.1 Å². The monoisotopic (exact) mass is 352 g/mol. The van der Waals surface area contributed by atoms with Crippen molar-refractivity contribution in [3.05, 3.63) is 0 Å². The van der Waals surface area contributed by atoms with Gasteiger partial charge < -0.3 is 14.6 Å². The van der Waals surface area contributed by atoms with E-state index >= 15 is 0 Å². The van der Waals surface area contributed by atoms with Gasteiger partial charge in [-0.25, -0.2) is 0 Å². The molecule has 2 aliphatic carbocycles. The van der Waals surface area contributed by atoms with E-state index in [9.17, 15) is 9.90 Å². The van der Waals surface area contributed by atoms with Crippen molar-refractivity contribution in [2.24, 2.45) is 23.7 Å². The fraction of sp³-hybridized carbons (Fsp3) is 0.952. The predicted octanol–water partition coefficient (Wildman–Crippen LogP) is 4.44. The van der Waals surface area contributed by atoms with E-state index in [-0.39, 0.29) is 18.0 Å². The molecule has 25 heavy (non-hydrogen) atoms. The van der Waals surface area contributed by atoms with E-state index in [1.807, 2.05) is 0 Å². The van der Waals surface area contributed by atoms with Crippen molar-refractivity contribution in [1.29, 1.82) is 0 Å². The molecular formula is C21H36O4. The van der Waals surface area contributed by atoms with Crippen molar-refractivity contribution >= 4 is 5.97 Å². The average molecular weight is 353 g/mol. The third-order valence-electron chi connectivity index (χ3n) is 6.89. The van der Waals surface area contributed by atoms with Crippen LogP contribution in [0.3, 0.4) is 0 Å². The second kappa shape index (κ2) is 7.96. The summed E-state index contributed by atoms with van der Waals surface area (Å²) in [6, 6.07) is 0. The van der Waals surface area contributed by atoms with Crippen molar-refractivity contribution in [3.8, 4) is 0 Å². The largest absolute Gasteiger partial charge is 0.435 e. The van der Waals surface area contributed by atoms with Gasteiger partial charge in [-0.1, -0.05) is 52.9 Å². The Morgan fingerprint density at radius 2 is 1.84 bits per heavy atom. The molecule has 5 atom stereocenters. The van der Waals surface area contributed by atoms with Gasteiger partial charge in [0.25, 0.3) is 0 Å². The summed E-state index contributed by atoms with van der Waals surface area (Å²) < 4.78 is 12.0. The molecule has 0 unspecified atom stereocenters. The minimum Gasteiger partial charge on any atom is -0.435 e. The van der Waals surface area contributed by atoms with Crippen LogP contribution in [0.15, 0.2) is 0 Å². The number of esters is 1. The lowest BCUT2D eigenvalue weighted by Gasteiger charge is -2.41. The number of hydrogen-bond donors (Lipinski definition) is 1. The number of carbonyl (C=O) groups excluding carboxylic acids is 1. The smallest absolute Gasteiger partial charge is 0.308 e. The lowest BCUT2D eigenvalue weighted by molar-refractivity contribution is -0.216. The normalized spacial score (nSPS) is 39.2. The van der Waals surface area contributed by atoms with Gasteiger partial charge in [0.1, 0.15) is 0 Å². The van der Waals surface area contributed by atoms with E-state index in [0.29, 0.717) is 24.2 Å². The summed E-state index contributed by atoms with van der Waals surface area (Å²) in [5.74, 6) is 1.31.